The van der Waals surface area contributed by atoms with E-state index in [0.717, 1.165) is 5.56 Å². The van der Waals surface area contributed by atoms with Crippen molar-refractivity contribution >= 4 is 5.82 Å². The Morgan fingerprint density at radius 3 is 2.35 bits per heavy atom. The summed E-state index contributed by atoms with van der Waals surface area (Å²) in [5.41, 5.74) is 4.66. The molecule has 23 heavy (non-hydrogen) atoms. The van der Waals surface area contributed by atoms with Crippen LogP contribution in [0, 0.1) is 5.82 Å². The Kier molecular flexibility index (Phi) is 4.16. The molecule has 3 aromatic rings. The topological polar surface area (TPSA) is 73.1 Å². The minimum atomic E-state index is -0.475. The van der Waals surface area contributed by atoms with Gasteiger partial charge in [-0.2, -0.15) is 0 Å². The first kappa shape index (κ1) is 14.9. The lowest BCUT2D eigenvalue weighted by molar-refractivity contribution is 0.389. The number of ether oxygens (including phenoxy) is 1. The molecule has 3 N–H and O–H groups in total. The van der Waals surface area contributed by atoms with Crippen LogP contribution >= 0.6 is 0 Å². The molecule has 1 heterocycles. The number of hydrazine groups is 1. The number of anilines is 1. The third-order valence-corrected chi connectivity index (χ3v) is 3.46. The number of halogens is 1. The van der Waals surface area contributed by atoms with Crippen LogP contribution in [0.1, 0.15) is 0 Å². The second kappa shape index (κ2) is 6.41. The van der Waals surface area contributed by atoms with E-state index in [1.165, 1.54) is 19.5 Å². The highest BCUT2D eigenvalue weighted by Crippen LogP contribution is 2.37. The van der Waals surface area contributed by atoms with Crippen molar-refractivity contribution in [3.63, 3.8) is 0 Å². The van der Waals surface area contributed by atoms with Gasteiger partial charge in [0, 0.05) is 11.1 Å². The maximum absolute atomic E-state index is 14.9. The molecule has 6 heteroatoms. The van der Waals surface area contributed by atoms with E-state index in [4.69, 9.17) is 10.6 Å². The fourth-order valence-corrected chi connectivity index (χ4v) is 2.34. The molecular formula is C17H15FN4O. The van der Waals surface area contributed by atoms with Crippen molar-refractivity contribution in [1.82, 2.24) is 9.97 Å². The number of nitrogens with two attached hydrogens (primary N) is 1. The van der Waals surface area contributed by atoms with Crippen LogP contribution in [0.5, 0.6) is 5.75 Å². The van der Waals surface area contributed by atoms with E-state index in [2.05, 4.69) is 15.4 Å². The predicted octanol–water partition coefficient (Wildman–Crippen LogP) is 3.24. The van der Waals surface area contributed by atoms with Crippen LogP contribution in [-0.4, -0.2) is 17.1 Å². The molecule has 0 bridgehead atoms. The first-order chi connectivity index (χ1) is 11.2. The third-order valence-electron chi connectivity index (χ3n) is 3.46. The van der Waals surface area contributed by atoms with E-state index in [1.54, 1.807) is 6.07 Å². The molecule has 2 aromatic carbocycles. The zero-order chi connectivity index (χ0) is 16.2. The van der Waals surface area contributed by atoms with E-state index < -0.39 is 5.82 Å². The minimum absolute atomic E-state index is 0.177. The highest BCUT2D eigenvalue weighted by Gasteiger charge is 2.17. The molecule has 0 fully saturated rings. The van der Waals surface area contributed by atoms with Crippen molar-refractivity contribution in [1.29, 1.82) is 0 Å². The van der Waals surface area contributed by atoms with E-state index in [-0.39, 0.29) is 5.75 Å². The molecule has 0 saturated heterocycles. The van der Waals surface area contributed by atoms with Gasteiger partial charge >= 0.3 is 0 Å². The van der Waals surface area contributed by atoms with Gasteiger partial charge in [-0.25, -0.2) is 15.2 Å². The molecule has 5 nitrogen and oxygen atoms in total. The number of rotatable bonds is 4. The van der Waals surface area contributed by atoms with Crippen LogP contribution in [0.25, 0.3) is 22.4 Å². The van der Waals surface area contributed by atoms with Gasteiger partial charge in [-0.1, -0.05) is 30.3 Å². The molecule has 0 unspecified atom stereocenters. The molecule has 3 rings (SSSR count). The van der Waals surface area contributed by atoms with Gasteiger partial charge in [0.25, 0.3) is 0 Å². The Morgan fingerprint density at radius 1 is 1.00 bits per heavy atom. The summed E-state index contributed by atoms with van der Waals surface area (Å²) >= 11 is 0. The van der Waals surface area contributed by atoms with Gasteiger partial charge in [-0.3, -0.25) is 4.98 Å². The molecule has 0 radical (unpaired) electrons. The molecule has 0 amide bonds. The van der Waals surface area contributed by atoms with Crippen LogP contribution in [0.3, 0.4) is 0 Å². The minimum Gasteiger partial charge on any atom is -0.493 e. The third kappa shape index (κ3) is 2.84. The van der Waals surface area contributed by atoms with E-state index in [0.29, 0.717) is 22.6 Å². The summed E-state index contributed by atoms with van der Waals surface area (Å²) in [7, 11) is 1.45. The summed E-state index contributed by atoms with van der Waals surface area (Å²) in [5.74, 6) is 5.36. The van der Waals surface area contributed by atoms with Crippen LogP contribution in [0.2, 0.25) is 0 Å². The number of nitrogens with zero attached hydrogens (tertiary/aromatic N) is 2. The fourth-order valence-electron chi connectivity index (χ4n) is 2.34. The Bertz CT molecular complexity index is 807. The Balaban J connectivity index is 2.10. The van der Waals surface area contributed by atoms with E-state index in [1.807, 2.05) is 36.4 Å². The van der Waals surface area contributed by atoms with Crippen molar-refractivity contribution in [2.24, 2.45) is 5.84 Å². The maximum atomic E-state index is 14.9. The molecule has 0 atom stereocenters. The lowest BCUT2D eigenvalue weighted by Crippen LogP contribution is -2.08. The number of nitrogens with one attached hydrogen (secondary N) is 1. The van der Waals surface area contributed by atoms with Gasteiger partial charge in [0.15, 0.2) is 17.4 Å². The van der Waals surface area contributed by atoms with Gasteiger partial charge in [0.05, 0.1) is 25.2 Å². The molecule has 0 spiro atoms. The summed E-state index contributed by atoms with van der Waals surface area (Å²) in [4.78, 5) is 8.20. The molecule has 0 aliphatic heterocycles. The van der Waals surface area contributed by atoms with Crippen LogP contribution in [-0.2, 0) is 0 Å². The average molecular weight is 310 g/mol. The maximum Gasteiger partial charge on any atom is 0.175 e. The van der Waals surface area contributed by atoms with Gasteiger partial charge in [-0.05, 0) is 17.7 Å². The second-order valence-corrected chi connectivity index (χ2v) is 4.81. The molecular weight excluding hydrogens is 295 g/mol. The van der Waals surface area contributed by atoms with Crippen molar-refractivity contribution in [3.05, 3.63) is 60.7 Å². The zero-order valence-corrected chi connectivity index (χ0v) is 12.5. The van der Waals surface area contributed by atoms with Crippen molar-refractivity contribution in [2.45, 2.75) is 0 Å². The monoisotopic (exact) mass is 310 g/mol. The zero-order valence-electron chi connectivity index (χ0n) is 12.5. The Hall–Kier alpha value is -2.99. The van der Waals surface area contributed by atoms with Gasteiger partial charge in [0.2, 0.25) is 0 Å². The fraction of sp³-hybridized carbons (Fsp3) is 0.0588. The van der Waals surface area contributed by atoms with Crippen LogP contribution in [0.4, 0.5) is 10.2 Å². The number of hydrogen-bond acceptors (Lipinski definition) is 5. The number of methoxy groups -OCH3 is 1. The molecule has 1 aromatic heterocycles. The quantitative estimate of drug-likeness (QED) is 0.571. The second-order valence-electron chi connectivity index (χ2n) is 4.81. The summed E-state index contributed by atoms with van der Waals surface area (Å²) < 4.78 is 20.1. The van der Waals surface area contributed by atoms with Crippen molar-refractivity contribution in [2.75, 3.05) is 12.5 Å². The summed E-state index contributed by atoms with van der Waals surface area (Å²) in [6.45, 7) is 0. The number of benzene rings is 2. The highest BCUT2D eigenvalue weighted by molar-refractivity contribution is 5.76. The van der Waals surface area contributed by atoms with Gasteiger partial charge < -0.3 is 10.2 Å². The number of aromatic nitrogens is 2. The molecule has 0 saturated carbocycles. The highest BCUT2D eigenvalue weighted by atomic mass is 19.1. The van der Waals surface area contributed by atoms with Crippen molar-refractivity contribution < 1.29 is 9.13 Å². The summed E-state index contributed by atoms with van der Waals surface area (Å²) in [6, 6.07) is 13.0. The average Bonchev–Trinajstić information content (AvgIpc) is 2.62. The van der Waals surface area contributed by atoms with Crippen LogP contribution in [0.15, 0.2) is 54.9 Å². The summed E-state index contributed by atoms with van der Waals surface area (Å²) in [5, 5.41) is 0. The largest absolute Gasteiger partial charge is 0.493 e. The van der Waals surface area contributed by atoms with Crippen LogP contribution < -0.4 is 16.0 Å². The predicted molar refractivity (Wildman–Crippen MR) is 87.2 cm³/mol. The lowest BCUT2D eigenvalue weighted by Gasteiger charge is -2.13. The lowest BCUT2D eigenvalue weighted by atomic mass is 10.0. The molecule has 0 aliphatic rings. The Morgan fingerprint density at radius 2 is 1.74 bits per heavy atom. The van der Waals surface area contributed by atoms with Gasteiger partial charge in [0.1, 0.15) is 0 Å². The Labute approximate surface area is 132 Å². The standard InChI is InChI=1S/C17H15FN4O/c1-23-17-12(11-5-3-2-4-6-11)7-8-13(16(17)18)14-9-21-15(22-19)10-20-14/h2-10H,19H2,1H3,(H,21,22). The summed E-state index contributed by atoms with van der Waals surface area (Å²) in [6.07, 6.45) is 2.89. The van der Waals surface area contributed by atoms with E-state index in [9.17, 15) is 4.39 Å². The number of nitrogen functional groups attached to an aromatic ring is 1. The van der Waals surface area contributed by atoms with Gasteiger partial charge in [-0.15, -0.1) is 0 Å². The smallest absolute Gasteiger partial charge is 0.175 e. The first-order valence-electron chi connectivity index (χ1n) is 6.95. The molecule has 0 aliphatic carbocycles. The normalized spacial score (nSPS) is 10.4. The SMILES string of the molecule is COc1c(-c2ccccc2)ccc(-c2cnc(NN)cn2)c1F. The van der Waals surface area contributed by atoms with Crippen molar-refractivity contribution in [3.8, 4) is 28.1 Å². The number of hydrogen-bond donors (Lipinski definition) is 2. The van der Waals surface area contributed by atoms with E-state index >= 15 is 0 Å². The molecule has 116 valence electrons. The first-order valence-corrected chi connectivity index (χ1v) is 6.95.